The second kappa shape index (κ2) is 24.3. The summed E-state index contributed by atoms with van der Waals surface area (Å²) in [6.07, 6.45) is 8.09. The van der Waals surface area contributed by atoms with E-state index in [9.17, 15) is 54.9 Å². The molecule has 87 heavy (non-hydrogen) atoms. The van der Waals surface area contributed by atoms with Crippen molar-refractivity contribution in [2.75, 3.05) is 57.2 Å². The number of methoxy groups -OCH3 is 1. The average Bonchev–Trinajstić information content (AvgIpc) is 1.69. The molecule has 2 aromatic heterocycles. The molecule has 11 rings (SSSR count). The number of aryl methyl sites for hydroxylation is 1. The number of allylic oxidation sites excluding steroid dienone is 2. The second-order valence-corrected chi connectivity index (χ2v) is 25.7. The number of anilines is 2. The second-order valence-electron chi connectivity index (χ2n) is 25.7. The minimum absolute atomic E-state index is 0.000567. The fourth-order valence-electron chi connectivity index (χ4n) is 14.6. The SMILES string of the molecule is CO[C@H]1CCO[C@@]2(C)Oc3c(C)c(O)c4c(O)c(c(/C=N/N5CCC(N(C)C6([C@@H]7CCN(c8c(F)cn9c(=O)c(C(=O)O)cc(C%10CC%10)c9c8C)C7)CC6)CC5)c(O)c4c3C2O)NC(=O)/C(C)=C\C=C\[C@H](C)[C@H](O)[C@@H](C)[C@@H](O)[C@@H](C)[C@H](OC(C)=O)[C@@H]1C. The van der Waals surface area contributed by atoms with Gasteiger partial charge in [-0.2, -0.15) is 5.10 Å². The standard InChI is InChI=1S/C65H85FN6O15/c1-31-13-12-14-32(2)61(80)68-50-44(56(77)47-48(57(50)78)55(76)37(7)59-49(47)60(79)64(9,87-59)85-26-20-46(84-11)33(3)58(86-38(8)73)36(6)54(75)35(5)53(31)74)28-67-71-24-18-41(19-25-71)69(10)65(21-22-65)40-17-23-70(29-40)52-34(4)51-42(39-15-16-39)27-43(63(82)83)62(81)72(51)30-45(52)66/h12-14,27-28,30-31,33,35-36,39-41,46,53-54,58,60,74-79H,15-26,29H2,1-11H3,(H,68,80)(H,82,83)/b13-12+,32-14-,67-28+/t31-,33+,35+,36+,40+,46-,53-,54+,58+,60?,64-/m0/s1. The van der Waals surface area contributed by atoms with Gasteiger partial charge in [-0.1, -0.05) is 45.9 Å². The Morgan fingerprint density at radius 1 is 0.897 bits per heavy atom. The minimum atomic E-state index is -1.83. The van der Waals surface area contributed by atoms with E-state index >= 15 is 4.39 Å². The van der Waals surface area contributed by atoms with E-state index in [1.165, 1.54) is 57.6 Å². The van der Waals surface area contributed by atoms with E-state index in [1.54, 1.807) is 32.9 Å². The first kappa shape index (κ1) is 63.2. The largest absolute Gasteiger partial charge is 0.507 e. The van der Waals surface area contributed by atoms with Gasteiger partial charge in [0, 0.05) is 104 Å². The third-order valence-corrected chi connectivity index (χ3v) is 20.3. The molecule has 5 aliphatic heterocycles. The molecule has 472 valence electrons. The molecule has 4 fully saturated rings. The topological polar surface area (TPSA) is 285 Å². The van der Waals surface area contributed by atoms with Crippen molar-refractivity contribution in [3.05, 3.63) is 85.6 Å². The molecule has 1 unspecified atom stereocenters. The van der Waals surface area contributed by atoms with Crippen LogP contribution in [0.25, 0.3) is 16.3 Å². The first-order chi connectivity index (χ1) is 41.2. The molecule has 0 spiro atoms. The highest BCUT2D eigenvalue weighted by atomic mass is 19.1. The summed E-state index contributed by atoms with van der Waals surface area (Å²) in [6.45, 7) is 16.8. The van der Waals surface area contributed by atoms with Gasteiger partial charge >= 0.3 is 11.9 Å². The van der Waals surface area contributed by atoms with E-state index in [2.05, 4.69) is 22.2 Å². The summed E-state index contributed by atoms with van der Waals surface area (Å²) >= 11 is 0. The minimum Gasteiger partial charge on any atom is -0.507 e. The number of halogens is 1. The Kier molecular flexibility index (Phi) is 17.6. The van der Waals surface area contributed by atoms with Gasteiger partial charge in [-0.3, -0.25) is 28.7 Å². The average molecular weight is 1210 g/mol. The van der Waals surface area contributed by atoms with Gasteiger partial charge in [0.1, 0.15) is 35.0 Å². The van der Waals surface area contributed by atoms with Crippen LogP contribution in [0.2, 0.25) is 0 Å². The zero-order valence-electron chi connectivity index (χ0n) is 51.6. The molecule has 2 saturated carbocycles. The number of hydrogen-bond donors (Lipinski definition) is 8. The van der Waals surface area contributed by atoms with Gasteiger partial charge in [-0.05, 0) is 108 Å². The Morgan fingerprint density at radius 3 is 2.22 bits per heavy atom. The zero-order chi connectivity index (χ0) is 63.0. The van der Waals surface area contributed by atoms with Gasteiger partial charge in [0.25, 0.3) is 11.5 Å². The number of carboxylic acids is 1. The Hall–Kier alpha value is -6.82. The van der Waals surface area contributed by atoms with Crippen LogP contribution in [0.15, 0.2) is 46.0 Å². The molecule has 2 aliphatic carbocycles. The van der Waals surface area contributed by atoms with Crippen LogP contribution < -0.4 is 20.5 Å². The molecule has 5 bridgehead atoms. The Bertz CT molecular complexity index is 3530. The molecule has 1 amide bonds. The number of aromatic carboxylic acids is 1. The molecule has 0 radical (unpaired) electrons. The van der Waals surface area contributed by atoms with E-state index in [0.717, 1.165) is 43.9 Å². The maximum atomic E-state index is 16.3. The summed E-state index contributed by atoms with van der Waals surface area (Å²) < 4.78 is 42.0. The Labute approximate surface area is 505 Å². The number of aliphatic hydroxyl groups is 3. The van der Waals surface area contributed by atoms with Crippen LogP contribution in [0.3, 0.4) is 0 Å². The monoisotopic (exact) mass is 1210 g/mol. The predicted molar refractivity (Wildman–Crippen MR) is 324 cm³/mol. The van der Waals surface area contributed by atoms with Crippen LogP contribution in [0.5, 0.6) is 23.0 Å². The Balaban J connectivity index is 0.923. The number of hydrogen-bond acceptors (Lipinski definition) is 18. The van der Waals surface area contributed by atoms with Crippen molar-refractivity contribution < 1.29 is 73.5 Å². The van der Waals surface area contributed by atoms with Crippen LogP contribution in [0, 0.1) is 49.3 Å². The van der Waals surface area contributed by atoms with Gasteiger partial charge in [0.05, 0.1) is 65.2 Å². The van der Waals surface area contributed by atoms with Crippen molar-refractivity contribution >= 4 is 51.7 Å². The van der Waals surface area contributed by atoms with Crippen molar-refractivity contribution in [2.24, 2.45) is 34.7 Å². The molecule has 2 saturated heterocycles. The number of fused-ring (bicyclic) bond motifs is 16. The lowest BCUT2D eigenvalue weighted by Crippen LogP contribution is -2.50. The third kappa shape index (κ3) is 11.4. The number of esters is 1. The van der Waals surface area contributed by atoms with Gasteiger partial charge in [0.2, 0.25) is 5.79 Å². The van der Waals surface area contributed by atoms with Crippen molar-refractivity contribution in [3.63, 3.8) is 0 Å². The first-order valence-corrected chi connectivity index (χ1v) is 30.5. The third-order valence-electron chi connectivity index (χ3n) is 20.3. The number of ether oxygens (including phenoxy) is 4. The molecule has 22 heteroatoms. The highest BCUT2D eigenvalue weighted by Gasteiger charge is 2.56. The number of phenolic OH excluding ortho intramolecular Hbond substituents is 3. The van der Waals surface area contributed by atoms with Gasteiger partial charge in [0.15, 0.2) is 11.6 Å². The number of rotatable bonds is 10. The number of carboxylic acid groups (broad SMARTS) is 1. The number of nitrogens with zero attached hydrogens (tertiary/aromatic N) is 5. The zero-order valence-corrected chi connectivity index (χ0v) is 51.6. The van der Waals surface area contributed by atoms with Crippen LogP contribution in [0.4, 0.5) is 15.8 Å². The number of aliphatic hydroxyl groups excluding tert-OH is 3. The predicted octanol–water partition coefficient (Wildman–Crippen LogP) is 7.91. The van der Waals surface area contributed by atoms with Crippen LogP contribution in [0.1, 0.15) is 150 Å². The van der Waals surface area contributed by atoms with Gasteiger partial charge < -0.3 is 64.9 Å². The number of phenols is 3. The highest BCUT2D eigenvalue weighted by Crippen LogP contribution is 2.59. The molecule has 7 aliphatic rings. The summed E-state index contributed by atoms with van der Waals surface area (Å²) in [5.41, 5.74) is 1.06. The number of pyridine rings is 2. The Morgan fingerprint density at radius 2 is 1.59 bits per heavy atom. The lowest BCUT2D eigenvalue weighted by atomic mass is 9.78. The van der Waals surface area contributed by atoms with Crippen molar-refractivity contribution in [3.8, 4) is 23.0 Å². The number of benzene rings is 2. The van der Waals surface area contributed by atoms with Crippen LogP contribution in [-0.4, -0.2) is 163 Å². The molecule has 4 aromatic rings. The molecular weight excluding hydrogens is 1120 g/mol. The van der Waals surface area contributed by atoms with E-state index < -0.39 is 106 Å². The number of hydrazone groups is 1. The van der Waals surface area contributed by atoms with Gasteiger partial charge in [-0.15, -0.1) is 0 Å². The van der Waals surface area contributed by atoms with Crippen molar-refractivity contribution in [1.29, 1.82) is 0 Å². The van der Waals surface area contributed by atoms with E-state index in [-0.39, 0.29) is 86.5 Å². The molecule has 8 N–H and O–H groups in total. The van der Waals surface area contributed by atoms with Crippen LogP contribution >= 0.6 is 0 Å². The maximum absolute atomic E-state index is 16.3. The summed E-state index contributed by atoms with van der Waals surface area (Å²) in [5, 5.41) is 91.3. The number of carbonyl (C=O) groups excluding carboxylic acids is 2. The number of nitrogens with one attached hydrogen (secondary N) is 1. The lowest BCUT2D eigenvalue weighted by molar-refractivity contribution is -0.217. The normalized spacial score (nSPS) is 30.3. The molecule has 2 aromatic carbocycles. The molecular formula is C65H85FN6O15. The fraction of sp³-hybridized carbons (Fsp3) is 0.585. The maximum Gasteiger partial charge on any atom is 0.341 e. The van der Waals surface area contributed by atoms with E-state index in [1.807, 2.05) is 18.9 Å². The number of amides is 1. The summed E-state index contributed by atoms with van der Waals surface area (Å²) in [5.74, 6) is -8.74. The van der Waals surface area contributed by atoms with Crippen LogP contribution in [-0.2, 0) is 23.8 Å². The van der Waals surface area contributed by atoms with Crippen molar-refractivity contribution in [1.82, 2.24) is 14.3 Å². The smallest absolute Gasteiger partial charge is 0.341 e. The number of piperidine rings is 1. The highest BCUT2D eigenvalue weighted by molar-refractivity contribution is 6.16. The number of aromatic hydroxyl groups is 3. The number of aromatic nitrogens is 1. The number of carbonyl (C=O) groups is 3. The molecule has 21 nitrogen and oxygen atoms in total. The molecule has 11 atom stereocenters. The summed E-state index contributed by atoms with van der Waals surface area (Å²) in [7, 11) is 3.66. The lowest BCUT2D eigenvalue weighted by Gasteiger charge is -2.42. The first-order valence-electron chi connectivity index (χ1n) is 30.5. The van der Waals surface area contributed by atoms with E-state index in [0.29, 0.717) is 55.8 Å². The van der Waals surface area contributed by atoms with Gasteiger partial charge in [-0.25, -0.2) is 9.18 Å². The summed E-state index contributed by atoms with van der Waals surface area (Å²) in [6, 6.07) is 1.64. The van der Waals surface area contributed by atoms with Crippen molar-refractivity contribution in [2.45, 2.75) is 167 Å². The summed E-state index contributed by atoms with van der Waals surface area (Å²) in [4.78, 5) is 56.7. The molecule has 7 heterocycles. The van der Waals surface area contributed by atoms with E-state index in [4.69, 9.17) is 24.0 Å². The quantitative estimate of drug-likeness (QED) is 0.0324. The fourth-order valence-corrected chi connectivity index (χ4v) is 14.6.